The molecular weight excluding hydrogens is 262 g/mol. The highest BCUT2D eigenvalue weighted by atomic mass is 19.1. The average molecular weight is 280 g/mol. The number of carbonyl (C=O) groups is 1. The molecule has 0 radical (unpaired) electrons. The summed E-state index contributed by atoms with van der Waals surface area (Å²) in [6.07, 6.45) is 3.19. The van der Waals surface area contributed by atoms with E-state index in [2.05, 4.69) is 0 Å². The predicted molar refractivity (Wildman–Crippen MR) is 71.3 cm³/mol. The highest BCUT2D eigenvalue weighted by Gasteiger charge is 2.43. The molecule has 2 bridgehead atoms. The van der Waals surface area contributed by atoms with Gasteiger partial charge in [-0.3, -0.25) is 4.79 Å². The minimum absolute atomic E-state index is 0.0237. The van der Waals surface area contributed by atoms with Crippen molar-refractivity contribution in [1.82, 2.24) is 4.90 Å². The quantitative estimate of drug-likeness (QED) is 0.858. The Kier molecular flexibility index (Phi) is 3.24. The van der Waals surface area contributed by atoms with E-state index in [-0.39, 0.29) is 23.7 Å². The molecule has 3 nitrogen and oxygen atoms in total. The average Bonchev–Trinajstić information content (AvgIpc) is 2.67. The molecule has 2 saturated heterocycles. The number of benzene rings is 1. The first-order valence-electron chi connectivity index (χ1n) is 7.02. The van der Waals surface area contributed by atoms with Crippen LogP contribution in [0.2, 0.25) is 0 Å². The molecular formula is C15H18F2N2O. The second-order valence-corrected chi connectivity index (χ2v) is 5.88. The first kappa shape index (κ1) is 13.5. The monoisotopic (exact) mass is 280 g/mol. The van der Waals surface area contributed by atoms with Gasteiger partial charge in [0, 0.05) is 18.1 Å². The van der Waals surface area contributed by atoms with Gasteiger partial charge >= 0.3 is 0 Å². The third-order valence-corrected chi connectivity index (χ3v) is 4.50. The van der Waals surface area contributed by atoms with Crippen molar-refractivity contribution in [2.75, 3.05) is 0 Å². The molecule has 0 aliphatic carbocycles. The molecule has 2 aliphatic heterocycles. The Bertz CT molecular complexity index is 547. The lowest BCUT2D eigenvalue weighted by Gasteiger charge is -2.37. The number of fused-ring (bicyclic) bond motifs is 2. The molecule has 1 aromatic rings. The molecule has 5 heteroatoms. The highest BCUT2D eigenvalue weighted by molar-refractivity contribution is 5.95. The highest BCUT2D eigenvalue weighted by Crippen LogP contribution is 2.36. The zero-order valence-electron chi connectivity index (χ0n) is 11.4. The molecule has 1 aromatic carbocycles. The van der Waals surface area contributed by atoms with Crippen molar-refractivity contribution in [3.05, 3.63) is 34.9 Å². The normalized spacial score (nSPS) is 28.8. The van der Waals surface area contributed by atoms with Crippen molar-refractivity contribution in [2.45, 2.75) is 50.7 Å². The number of aryl methyl sites for hydroxylation is 1. The van der Waals surface area contributed by atoms with Crippen molar-refractivity contribution in [3.8, 4) is 0 Å². The summed E-state index contributed by atoms with van der Waals surface area (Å²) in [5, 5.41) is 0. The Balaban J connectivity index is 1.96. The number of carbonyl (C=O) groups excluding carboxylic acids is 1. The fraction of sp³-hybridized carbons (Fsp3) is 0.533. The van der Waals surface area contributed by atoms with Crippen LogP contribution < -0.4 is 5.73 Å². The largest absolute Gasteiger partial charge is 0.332 e. The molecule has 108 valence electrons. The van der Waals surface area contributed by atoms with E-state index in [1.54, 1.807) is 4.90 Å². The van der Waals surface area contributed by atoms with E-state index in [9.17, 15) is 13.6 Å². The van der Waals surface area contributed by atoms with Crippen molar-refractivity contribution in [1.29, 1.82) is 0 Å². The SMILES string of the molecule is Cc1ccc(F)c(C(=O)N2C3CCC2CC(N)C3)c1F. The van der Waals surface area contributed by atoms with E-state index in [4.69, 9.17) is 5.73 Å². The molecule has 2 atom stereocenters. The first-order chi connectivity index (χ1) is 9.49. The Morgan fingerprint density at radius 3 is 2.45 bits per heavy atom. The van der Waals surface area contributed by atoms with Gasteiger partial charge in [-0.15, -0.1) is 0 Å². The van der Waals surface area contributed by atoms with E-state index in [1.807, 2.05) is 0 Å². The van der Waals surface area contributed by atoms with Crippen LogP contribution in [0.3, 0.4) is 0 Å². The lowest BCUT2D eigenvalue weighted by molar-refractivity contribution is 0.0565. The summed E-state index contributed by atoms with van der Waals surface area (Å²) in [5.41, 5.74) is 5.82. The lowest BCUT2D eigenvalue weighted by atomic mass is 9.96. The van der Waals surface area contributed by atoms with E-state index >= 15 is 0 Å². The van der Waals surface area contributed by atoms with Crippen molar-refractivity contribution < 1.29 is 13.6 Å². The molecule has 2 fully saturated rings. The third kappa shape index (κ3) is 2.00. The van der Waals surface area contributed by atoms with Crippen molar-refractivity contribution in [2.24, 2.45) is 5.73 Å². The van der Waals surface area contributed by atoms with Crippen LogP contribution in [0.25, 0.3) is 0 Å². The first-order valence-corrected chi connectivity index (χ1v) is 7.02. The van der Waals surface area contributed by atoms with Gasteiger partial charge in [-0.1, -0.05) is 6.07 Å². The van der Waals surface area contributed by atoms with Crippen LogP contribution in [-0.4, -0.2) is 28.9 Å². The third-order valence-electron chi connectivity index (χ3n) is 4.50. The predicted octanol–water partition coefficient (Wildman–Crippen LogP) is 2.37. The van der Waals surface area contributed by atoms with E-state index in [1.165, 1.54) is 13.0 Å². The Labute approximate surface area is 116 Å². The van der Waals surface area contributed by atoms with Gasteiger partial charge in [0.05, 0.1) is 0 Å². The molecule has 20 heavy (non-hydrogen) atoms. The van der Waals surface area contributed by atoms with Crippen molar-refractivity contribution in [3.63, 3.8) is 0 Å². The molecule has 2 heterocycles. The van der Waals surface area contributed by atoms with Gasteiger partial charge in [-0.25, -0.2) is 8.78 Å². The maximum atomic E-state index is 14.1. The summed E-state index contributed by atoms with van der Waals surface area (Å²) in [6, 6.07) is 2.64. The van der Waals surface area contributed by atoms with Gasteiger partial charge in [0.25, 0.3) is 5.91 Å². The fourth-order valence-electron chi connectivity index (χ4n) is 3.53. The summed E-state index contributed by atoms with van der Waals surface area (Å²) < 4.78 is 28.0. The molecule has 2 N–H and O–H groups in total. The van der Waals surface area contributed by atoms with Crippen LogP contribution in [0.15, 0.2) is 12.1 Å². The van der Waals surface area contributed by atoms with Gasteiger partial charge < -0.3 is 10.6 Å². The Morgan fingerprint density at radius 1 is 1.25 bits per heavy atom. The second-order valence-electron chi connectivity index (χ2n) is 5.88. The topological polar surface area (TPSA) is 46.3 Å². The van der Waals surface area contributed by atoms with E-state index < -0.39 is 23.1 Å². The second kappa shape index (κ2) is 4.81. The maximum Gasteiger partial charge on any atom is 0.260 e. The molecule has 1 amide bonds. The van der Waals surface area contributed by atoms with Gasteiger partial charge in [0.1, 0.15) is 17.2 Å². The standard InChI is InChI=1S/C15H18F2N2O/c1-8-2-5-12(16)13(14(8)17)15(20)19-10-3-4-11(19)7-9(18)6-10/h2,5,9-11H,3-4,6-7,18H2,1H3. The van der Waals surface area contributed by atoms with Gasteiger partial charge in [0.2, 0.25) is 0 Å². The number of nitrogens with zero attached hydrogens (tertiary/aromatic N) is 1. The van der Waals surface area contributed by atoms with Crippen LogP contribution in [-0.2, 0) is 0 Å². The Morgan fingerprint density at radius 2 is 1.85 bits per heavy atom. The molecule has 0 saturated carbocycles. The number of hydrogen-bond acceptors (Lipinski definition) is 2. The van der Waals surface area contributed by atoms with Crippen LogP contribution in [0.5, 0.6) is 0 Å². The maximum absolute atomic E-state index is 14.1. The summed E-state index contributed by atoms with van der Waals surface area (Å²) in [5.74, 6) is -2.06. The Hall–Kier alpha value is -1.49. The summed E-state index contributed by atoms with van der Waals surface area (Å²) >= 11 is 0. The number of halogens is 2. The molecule has 0 aromatic heterocycles. The molecule has 2 aliphatic rings. The minimum Gasteiger partial charge on any atom is -0.332 e. The van der Waals surface area contributed by atoms with E-state index in [0.717, 1.165) is 31.7 Å². The van der Waals surface area contributed by atoms with Crippen LogP contribution in [0, 0.1) is 18.6 Å². The summed E-state index contributed by atoms with van der Waals surface area (Å²) in [6.45, 7) is 1.53. The van der Waals surface area contributed by atoms with Crippen LogP contribution in [0.1, 0.15) is 41.6 Å². The van der Waals surface area contributed by atoms with E-state index in [0.29, 0.717) is 0 Å². The molecule has 2 unspecified atom stereocenters. The van der Waals surface area contributed by atoms with Gasteiger partial charge in [-0.2, -0.15) is 0 Å². The number of rotatable bonds is 1. The number of nitrogens with two attached hydrogens (primary N) is 1. The van der Waals surface area contributed by atoms with Gasteiger partial charge in [0.15, 0.2) is 0 Å². The molecule has 0 spiro atoms. The number of piperidine rings is 1. The number of amides is 1. The van der Waals surface area contributed by atoms with Crippen molar-refractivity contribution >= 4 is 5.91 Å². The minimum atomic E-state index is -0.785. The van der Waals surface area contributed by atoms with Gasteiger partial charge in [-0.05, 0) is 44.2 Å². The zero-order valence-corrected chi connectivity index (χ0v) is 11.4. The van der Waals surface area contributed by atoms with Crippen LogP contribution >= 0.6 is 0 Å². The van der Waals surface area contributed by atoms with Crippen LogP contribution in [0.4, 0.5) is 8.78 Å². The summed E-state index contributed by atoms with van der Waals surface area (Å²) in [4.78, 5) is 14.2. The summed E-state index contributed by atoms with van der Waals surface area (Å²) in [7, 11) is 0. The number of hydrogen-bond donors (Lipinski definition) is 1. The lowest BCUT2D eigenvalue weighted by Crippen LogP contribution is -2.50. The smallest absolute Gasteiger partial charge is 0.260 e. The fourth-order valence-corrected chi connectivity index (χ4v) is 3.53. The molecule has 3 rings (SSSR count). The zero-order chi connectivity index (χ0) is 14.4.